The van der Waals surface area contributed by atoms with Gasteiger partial charge in [-0.1, -0.05) is 23.7 Å². The highest BCUT2D eigenvalue weighted by molar-refractivity contribution is 6.31. The molecule has 0 saturated heterocycles. The molecule has 0 aliphatic heterocycles. The predicted octanol–water partition coefficient (Wildman–Crippen LogP) is 2.96. The molecule has 108 valence electrons. The van der Waals surface area contributed by atoms with Crippen molar-refractivity contribution in [2.45, 2.75) is 0 Å². The highest BCUT2D eigenvalue weighted by Crippen LogP contribution is 2.21. The average molecular weight is 305 g/mol. The second-order valence-electron chi connectivity index (χ2n) is 4.22. The van der Waals surface area contributed by atoms with Crippen molar-refractivity contribution in [3.63, 3.8) is 0 Å². The Hall–Kier alpha value is -2.53. The van der Waals surface area contributed by atoms with Crippen molar-refractivity contribution in [2.75, 3.05) is 18.2 Å². The molecule has 0 bridgehead atoms. The van der Waals surface area contributed by atoms with Crippen LogP contribution in [0.3, 0.4) is 0 Å². The Morgan fingerprint density at radius 1 is 1.14 bits per heavy atom. The van der Waals surface area contributed by atoms with Gasteiger partial charge in [-0.2, -0.15) is 0 Å². The molecule has 2 aromatic carbocycles. The van der Waals surface area contributed by atoms with Gasteiger partial charge in [0.1, 0.15) is 0 Å². The number of carbonyl (C=O) groups excluding carboxylic acids is 2. The smallest absolute Gasteiger partial charge is 0.339 e. The maximum absolute atomic E-state index is 12.2. The number of rotatable bonds is 3. The zero-order valence-corrected chi connectivity index (χ0v) is 12.0. The average Bonchev–Trinajstić information content (AvgIpc) is 2.49. The van der Waals surface area contributed by atoms with E-state index in [1.165, 1.54) is 13.2 Å². The maximum Gasteiger partial charge on any atom is 0.339 e. The number of anilines is 2. The van der Waals surface area contributed by atoms with Crippen LogP contribution in [-0.4, -0.2) is 19.0 Å². The lowest BCUT2D eigenvalue weighted by Crippen LogP contribution is -2.16. The van der Waals surface area contributed by atoms with E-state index in [9.17, 15) is 9.59 Å². The number of ether oxygens (including phenoxy) is 1. The van der Waals surface area contributed by atoms with Gasteiger partial charge in [0, 0.05) is 10.7 Å². The third-order valence-corrected chi connectivity index (χ3v) is 3.08. The Kier molecular flexibility index (Phi) is 4.45. The van der Waals surface area contributed by atoms with E-state index in [2.05, 4.69) is 10.1 Å². The van der Waals surface area contributed by atoms with Gasteiger partial charge in [0.2, 0.25) is 0 Å². The van der Waals surface area contributed by atoms with Gasteiger partial charge < -0.3 is 15.8 Å². The van der Waals surface area contributed by atoms with E-state index >= 15 is 0 Å². The summed E-state index contributed by atoms with van der Waals surface area (Å²) in [5, 5.41) is 3.03. The molecule has 2 aromatic rings. The van der Waals surface area contributed by atoms with E-state index in [-0.39, 0.29) is 11.1 Å². The molecule has 6 heteroatoms. The predicted molar refractivity (Wildman–Crippen MR) is 81.6 cm³/mol. The number of amides is 1. The fourth-order valence-electron chi connectivity index (χ4n) is 1.79. The van der Waals surface area contributed by atoms with Gasteiger partial charge in [-0.3, -0.25) is 4.79 Å². The quantitative estimate of drug-likeness (QED) is 0.674. The number of hydrogen-bond donors (Lipinski definition) is 2. The van der Waals surface area contributed by atoms with Gasteiger partial charge in [0.05, 0.1) is 23.9 Å². The molecular weight excluding hydrogens is 292 g/mol. The zero-order valence-electron chi connectivity index (χ0n) is 11.2. The number of nitrogens with two attached hydrogens (primary N) is 1. The first-order chi connectivity index (χ1) is 10.0. The molecular formula is C15H13ClN2O3. The number of benzene rings is 2. The summed E-state index contributed by atoms with van der Waals surface area (Å²) >= 11 is 5.86. The standard InChI is InChI=1S/C15H13ClN2O3/c1-21-15(20)10-4-2-3-5-13(10)18-14(19)11-8-9(16)6-7-12(11)17/h2-8H,17H2,1H3,(H,18,19). The van der Waals surface area contributed by atoms with Gasteiger partial charge in [0.15, 0.2) is 0 Å². The second-order valence-corrected chi connectivity index (χ2v) is 4.66. The summed E-state index contributed by atoms with van der Waals surface area (Å²) in [6.45, 7) is 0. The summed E-state index contributed by atoms with van der Waals surface area (Å²) in [4.78, 5) is 23.9. The van der Waals surface area contributed by atoms with Crippen LogP contribution in [0.1, 0.15) is 20.7 Å². The minimum absolute atomic E-state index is 0.238. The van der Waals surface area contributed by atoms with Gasteiger partial charge in [0.25, 0.3) is 5.91 Å². The number of hydrogen-bond acceptors (Lipinski definition) is 4. The van der Waals surface area contributed by atoms with Gasteiger partial charge in [-0.05, 0) is 30.3 Å². The maximum atomic E-state index is 12.2. The second kappa shape index (κ2) is 6.28. The van der Waals surface area contributed by atoms with Gasteiger partial charge >= 0.3 is 5.97 Å². The molecule has 0 unspecified atom stereocenters. The van der Waals surface area contributed by atoms with Gasteiger partial charge in [-0.25, -0.2) is 4.79 Å². The lowest BCUT2D eigenvalue weighted by atomic mass is 10.1. The Morgan fingerprint density at radius 2 is 1.86 bits per heavy atom. The monoisotopic (exact) mass is 304 g/mol. The SMILES string of the molecule is COC(=O)c1ccccc1NC(=O)c1cc(Cl)ccc1N. The number of halogens is 1. The lowest BCUT2D eigenvalue weighted by molar-refractivity contribution is 0.0602. The first-order valence-corrected chi connectivity index (χ1v) is 6.44. The van der Waals surface area contributed by atoms with Crippen molar-refractivity contribution >= 4 is 34.9 Å². The fraction of sp³-hybridized carbons (Fsp3) is 0.0667. The highest BCUT2D eigenvalue weighted by Gasteiger charge is 2.16. The van der Waals surface area contributed by atoms with Crippen LogP contribution < -0.4 is 11.1 Å². The summed E-state index contributed by atoms with van der Waals surface area (Å²) in [6, 6.07) is 11.1. The van der Waals surface area contributed by atoms with Crippen LogP contribution in [0.2, 0.25) is 5.02 Å². The lowest BCUT2D eigenvalue weighted by Gasteiger charge is -2.11. The number of nitrogens with one attached hydrogen (secondary N) is 1. The Bertz CT molecular complexity index is 701. The van der Waals surface area contributed by atoms with Crippen LogP contribution in [0.5, 0.6) is 0 Å². The van der Waals surface area contributed by atoms with Crippen molar-refractivity contribution in [1.82, 2.24) is 0 Å². The van der Waals surface area contributed by atoms with Crippen LogP contribution in [0, 0.1) is 0 Å². The van der Waals surface area contributed by atoms with Crippen molar-refractivity contribution < 1.29 is 14.3 Å². The first-order valence-electron chi connectivity index (χ1n) is 6.06. The van der Waals surface area contributed by atoms with Crippen LogP contribution in [0.4, 0.5) is 11.4 Å². The van der Waals surface area contributed by atoms with Gasteiger partial charge in [-0.15, -0.1) is 0 Å². The van der Waals surface area contributed by atoms with Crippen LogP contribution in [0.15, 0.2) is 42.5 Å². The van der Waals surface area contributed by atoms with E-state index < -0.39 is 11.9 Å². The minimum Gasteiger partial charge on any atom is -0.465 e. The molecule has 1 amide bonds. The number of esters is 1. The first kappa shape index (κ1) is 14.9. The summed E-state index contributed by atoms with van der Waals surface area (Å²) in [6.07, 6.45) is 0. The summed E-state index contributed by atoms with van der Waals surface area (Å²) in [5.74, 6) is -0.990. The minimum atomic E-state index is -0.537. The Morgan fingerprint density at radius 3 is 2.57 bits per heavy atom. The molecule has 0 saturated carbocycles. The third kappa shape index (κ3) is 3.32. The summed E-state index contributed by atoms with van der Waals surface area (Å²) < 4.78 is 4.67. The van der Waals surface area contributed by atoms with Crippen molar-refractivity contribution in [2.24, 2.45) is 0 Å². The summed E-state index contributed by atoms with van der Waals surface area (Å²) in [5.41, 5.74) is 6.89. The molecule has 21 heavy (non-hydrogen) atoms. The normalized spacial score (nSPS) is 10.0. The molecule has 0 atom stereocenters. The Balaban J connectivity index is 2.32. The van der Waals surface area contributed by atoms with E-state index in [1.807, 2.05) is 0 Å². The molecule has 2 rings (SSSR count). The van der Waals surface area contributed by atoms with E-state index in [1.54, 1.807) is 36.4 Å². The molecule has 0 aliphatic rings. The molecule has 0 heterocycles. The summed E-state index contributed by atoms with van der Waals surface area (Å²) in [7, 11) is 1.27. The van der Waals surface area contributed by atoms with Crippen molar-refractivity contribution in [1.29, 1.82) is 0 Å². The van der Waals surface area contributed by atoms with Crippen LogP contribution in [-0.2, 0) is 4.74 Å². The molecule has 3 N–H and O–H groups in total. The van der Waals surface area contributed by atoms with E-state index in [0.29, 0.717) is 16.4 Å². The van der Waals surface area contributed by atoms with Crippen molar-refractivity contribution in [3.05, 3.63) is 58.6 Å². The molecule has 0 spiro atoms. The molecule has 5 nitrogen and oxygen atoms in total. The number of para-hydroxylation sites is 1. The zero-order chi connectivity index (χ0) is 15.4. The molecule has 0 aliphatic carbocycles. The highest BCUT2D eigenvalue weighted by atomic mass is 35.5. The molecule has 0 radical (unpaired) electrons. The molecule has 0 fully saturated rings. The Labute approximate surface area is 126 Å². The van der Waals surface area contributed by atoms with E-state index in [4.69, 9.17) is 17.3 Å². The third-order valence-electron chi connectivity index (χ3n) is 2.84. The topological polar surface area (TPSA) is 81.4 Å². The number of nitrogen functional groups attached to an aromatic ring is 1. The van der Waals surface area contributed by atoms with E-state index in [0.717, 1.165) is 0 Å². The molecule has 0 aromatic heterocycles. The fourth-order valence-corrected chi connectivity index (χ4v) is 1.97. The number of carbonyl (C=O) groups is 2. The van der Waals surface area contributed by atoms with Crippen LogP contribution in [0.25, 0.3) is 0 Å². The number of methoxy groups -OCH3 is 1. The largest absolute Gasteiger partial charge is 0.465 e. The van der Waals surface area contributed by atoms with Crippen LogP contribution >= 0.6 is 11.6 Å². The van der Waals surface area contributed by atoms with Crippen molar-refractivity contribution in [3.8, 4) is 0 Å².